The van der Waals surface area contributed by atoms with Crippen molar-refractivity contribution in [2.45, 2.75) is 20.5 Å². The van der Waals surface area contributed by atoms with Crippen molar-refractivity contribution in [3.05, 3.63) is 68.2 Å². The van der Waals surface area contributed by atoms with Gasteiger partial charge in [-0.1, -0.05) is 52.5 Å². The minimum atomic E-state index is -1.28. The average molecular weight is 353 g/mol. The first-order valence-corrected chi connectivity index (χ1v) is 7.50. The summed E-state index contributed by atoms with van der Waals surface area (Å²) in [6.07, 6.45) is 0. The van der Waals surface area contributed by atoms with E-state index in [9.17, 15) is 14.7 Å². The first kappa shape index (κ1) is 17.3. The molecule has 0 amide bonds. The second kappa shape index (κ2) is 7.02. The van der Waals surface area contributed by atoms with Crippen LogP contribution in [0.4, 0.5) is 0 Å². The Kier molecular flexibility index (Phi) is 5.29. The molecule has 0 aliphatic carbocycles. The number of halogens is 2. The molecule has 0 heterocycles. The van der Waals surface area contributed by atoms with Crippen LogP contribution in [0.15, 0.2) is 30.3 Å². The van der Waals surface area contributed by atoms with E-state index in [0.717, 1.165) is 22.8 Å². The van der Waals surface area contributed by atoms with E-state index < -0.39 is 11.9 Å². The number of carbonyl (C=O) groups is 2. The van der Waals surface area contributed by atoms with E-state index in [0.29, 0.717) is 0 Å². The Morgan fingerprint density at radius 2 is 1.48 bits per heavy atom. The van der Waals surface area contributed by atoms with Gasteiger partial charge < -0.3 is 9.84 Å². The van der Waals surface area contributed by atoms with Gasteiger partial charge in [0.15, 0.2) is 0 Å². The van der Waals surface area contributed by atoms with Gasteiger partial charge in [0.1, 0.15) is 6.61 Å². The Morgan fingerprint density at radius 3 is 2.00 bits per heavy atom. The lowest BCUT2D eigenvalue weighted by Gasteiger charge is -2.10. The van der Waals surface area contributed by atoms with E-state index in [1.54, 1.807) is 0 Å². The van der Waals surface area contributed by atoms with Crippen LogP contribution in [0.1, 0.15) is 37.4 Å². The van der Waals surface area contributed by atoms with Crippen LogP contribution in [-0.4, -0.2) is 17.0 Å². The lowest BCUT2D eigenvalue weighted by Crippen LogP contribution is -2.12. The largest absolute Gasteiger partial charge is 0.478 e. The van der Waals surface area contributed by atoms with Gasteiger partial charge in [0, 0.05) is 0 Å². The van der Waals surface area contributed by atoms with Gasteiger partial charge in [0.05, 0.1) is 21.2 Å². The predicted octanol–water partition coefficient (Wildman–Crippen LogP) is 4.67. The Bertz CT molecular complexity index is 764. The highest BCUT2D eigenvalue weighted by Crippen LogP contribution is 2.27. The molecule has 0 atom stereocenters. The maximum absolute atomic E-state index is 12.2. The average Bonchev–Trinajstić information content (AvgIpc) is 2.46. The Balaban J connectivity index is 2.24. The first-order valence-electron chi connectivity index (χ1n) is 6.74. The molecular weight excluding hydrogens is 339 g/mol. The Hall–Kier alpha value is -2.04. The fourth-order valence-electron chi connectivity index (χ4n) is 2.27. The minimum Gasteiger partial charge on any atom is -0.478 e. The van der Waals surface area contributed by atoms with Crippen LogP contribution in [0.25, 0.3) is 0 Å². The van der Waals surface area contributed by atoms with E-state index in [4.69, 9.17) is 27.9 Å². The van der Waals surface area contributed by atoms with E-state index in [-0.39, 0.29) is 27.8 Å². The predicted molar refractivity (Wildman–Crippen MR) is 88.5 cm³/mol. The summed E-state index contributed by atoms with van der Waals surface area (Å²) in [6.45, 7) is 3.93. The summed E-state index contributed by atoms with van der Waals surface area (Å²) in [5.41, 5.74) is 2.56. The number of carboxylic acid groups (broad SMARTS) is 1. The summed E-state index contributed by atoms with van der Waals surface area (Å²) in [4.78, 5) is 23.4. The van der Waals surface area contributed by atoms with E-state index in [1.807, 2.05) is 32.0 Å². The van der Waals surface area contributed by atoms with Crippen LogP contribution >= 0.6 is 23.2 Å². The van der Waals surface area contributed by atoms with Crippen molar-refractivity contribution >= 4 is 35.1 Å². The molecule has 0 aliphatic heterocycles. The molecular formula is C17H14Cl2O4. The molecule has 0 bridgehead atoms. The molecule has 6 heteroatoms. The van der Waals surface area contributed by atoms with Crippen molar-refractivity contribution in [1.82, 2.24) is 0 Å². The molecule has 4 nitrogen and oxygen atoms in total. The number of aryl methyl sites for hydroxylation is 2. The molecule has 2 aromatic rings. The van der Waals surface area contributed by atoms with Crippen LogP contribution in [0.2, 0.25) is 10.0 Å². The normalized spacial score (nSPS) is 10.4. The zero-order valence-corrected chi connectivity index (χ0v) is 14.0. The molecule has 23 heavy (non-hydrogen) atoms. The number of rotatable bonds is 4. The van der Waals surface area contributed by atoms with Gasteiger partial charge in [-0.2, -0.15) is 0 Å². The quantitative estimate of drug-likeness (QED) is 0.812. The lowest BCUT2D eigenvalue weighted by molar-refractivity contribution is 0.0463. The van der Waals surface area contributed by atoms with Crippen molar-refractivity contribution in [2.24, 2.45) is 0 Å². The van der Waals surface area contributed by atoms with Crippen molar-refractivity contribution < 1.29 is 19.4 Å². The van der Waals surface area contributed by atoms with Crippen LogP contribution in [-0.2, 0) is 11.3 Å². The van der Waals surface area contributed by atoms with Gasteiger partial charge in [-0.25, -0.2) is 9.59 Å². The summed E-state index contributed by atoms with van der Waals surface area (Å²) in [6, 6.07) is 8.14. The molecule has 2 aromatic carbocycles. The van der Waals surface area contributed by atoms with Gasteiger partial charge in [-0.15, -0.1) is 0 Å². The topological polar surface area (TPSA) is 63.6 Å². The molecule has 0 aliphatic rings. The highest BCUT2D eigenvalue weighted by atomic mass is 35.5. The number of hydrogen-bond acceptors (Lipinski definition) is 3. The van der Waals surface area contributed by atoms with Crippen LogP contribution in [0, 0.1) is 13.8 Å². The van der Waals surface area contributed by atoms with Gasteiger partial charge in [-0.3, -0.25) is 0 Å². The van der Waals surface area contributed by atoms with Gasteiger partial charge in [0.2, 0.25) is 0 Å². The number of ether oxygens (including phenoxy) is 1. The van der Waals surface area contributed by atoms with Crippen molar-refractivity contribution in [3.8, 4) is 0 Å². The molecule has 0 saturated carbocycles. The van der Waals surface area contributed by atoms with Crippen LogP contribution in [0.3, 0.4) is 0 Å². The third-order valence-electron chi connectivity index (χ3n) is 3.16. The number of benzene rings is 2. The molecule has 0 fully saturated rings. The Labute approximate surface area is 143 Å². The SMILES string of the molecule is Cc1cc(C)cc(COC(=O)c2cc(Cl)c(Cl)cc2C(=O)O)c1. The zero-order valence-electron chi connectivity index (χ0n) is 12.5. The monoisotopic (exact) mass is 352 g/mol. The summed E-state index contributed by atoms with van der Waals surface area (Å²) in [7, 11) is 0. The van der Waals surface area contributed by atoms with E-state index >= 15 is 0 Å². The molecule has 0 saturated heterocycles. The van der Waals surface area contributed by atoms with Crippen molar-refractivity contribution in [2.75, 3.05) is 0 Å². The highest BCUT2D eigenvalue weighted by Gasteiger charge is 2.20. The third-order valence-corrected chi connectivity index (χ3v) is 3.88. The number of hydrogen-bond donors (Lipinski definition) is 1. The molecule has 0 radical (unpaired) electrons. The molecule has 0 aromatic heterocycles. The Morgan fingerprint density at radius 1 is 0.957 bits per heavy atom. The summed E-state index contributed by atoms with van der Waals surface area (Å²) >= 11 is 11.7. The maximum Gasteiger partial charge on any atom is 0.339 e. The highest BCUT2D eigenvalue weighted by molar-refractivity contribution is 6.42. The maximum atomic E-state index is 12.2. The smallest absolute Gasteiger partial charge is 0.339 e. The van der Waals surface area contributed by atoms with Crippen molar-refractivity contribution in [1.29, 1.82) is 0 Å². The van der Waals surface area contributed by atoms with Crippen LogP contribution in [0.5, 0.6) is 0 Å². The van der Waals surface area contributed by atoms with Crippen molar-refractivity contribution in [3.63, 3.8) is 0 Å². The second-order valence-electron chi connectivity index (χ2n) is 5.19. The lowest BCUT2D eigenvalue weighted by atomic mass is 10.1. The fourth-order valence-corrected chi connectivity index (χ4v) is 2.60. The number of esters is 1. The summed E-state index contributed by atoms with van der Waals surface area (Å²) in [5.74, 6) is -2.04. The number of carbonyl (C=O) groups excluding carboxylic acids is 1. The van der Waals surface area contributed by atoms with Gasteiger partial charge >= 0.3 is 11.9 Å². The molecule has 120 valence electrons. The zero-order chi connectivity index (χ0) is 17.1. The first-order chi connectivity index (χ1) is 10.8. The summed E-state index contributed by atoms with van der Waals surface area (Å²) < 4.78 is 5.21. The number of carboxylic acids is 1. The molecule has 1 N–H and O–H groups in total. The fraction of sp³-hybridized carbons (Fsp3) is 0.176. The van der Waals surface area contributed by atoms with E-state index in [1.165, 1.54) is 6.07 Å². The van der Waals surface area contributed by atoms with Gasteiger partial charge in [0.25, 0.3) is 0 Å². The third kappa shape index (κ3) is 4.24. The minimum absolute atomic E-state index is 0.0423. The summed E-state index contributed by atoms with van der Waals surface area (Å²) in [5, 5.41) is 9.34. The number of aromatic carboxylic acids is 1. The molecule has 2 rings (SSSR count). The standard InChI is InChI=1S/C17H14Cl2O4/c1-9-3-10(2)5-11(4-9)8-23-17(22)13-7-15(19)14(18)6-12(13)16(20)21/h3-7H,8H2,1-2H3,(H,20,21). The second-order valence-corrected chi connectivity index (χ2v) is 6.00. The van der Waals surface area contributed by atoms with Crippen LogP contribution < -0.4 is 0 Å². The molecule has 0 spiro atoms. The van der Waals surface area contributed by atoms with E-state index in [2.05, 4.69) is 0 Å². The van der Waals surface area contributed by atoms with Gasteiger partial charge in [-0.05, 0) is 31.5 Å². The molecule has 0 unspecified atom stereocenters.